The Balaban J connectivity index is 2.45. The highest BCUT2D eigenvalue weighted by molar-refractivity contribution is 5.88. The molecule has 2 heteroatoms. The molecule has 0 bridgehead atoms. The van der Waals surface area contributed by atoms with Crippen LogP contribution in [-0.2, 0) is 11.2 Å². The van der Waals surface area contributed by atoms with Gasteiger partial charge in [0.2, 0.25) is 5.91 Å². The van der Waals surface area contributed by atoms with Crippen molar-refractivity contribution in [3.63, 3.8) is 0 Å². The molecule has 0 atom stereocenters. The van der Waals surface area contributed by atoms with Crippen molar-refractivity contribution in [2.75, 3.05) is 5.32 Å². The SMILES string of the molecule is CCCCCc1ccc(NC(C)=O)cc1. The highest BCUT2D eigenvalue weighted by Crippen LogP contribution is 2.12. The third kappa shape index (κ3) is 4.63. The molecule has 1 amide bonds. The number of benzene rings is 1. The van der Waals surface area contributed by atoms with Gasteiger partial charge in [-0.3, -0.25) is 4.79 Å². The summed E-state index contributed by atoms with van der Waals surface area (Å²) in [6, 6.07) is 8.09. The molecule has 1 N–H and O–H groups in total. The van der Waals surface area contributed by atoms with Crippen LogP contribution in [0.4, 0.5) is 5.69 Å². The van der Waals surface area contributed by atoms with Crippen LogP contribution in [0.5, 0.6) is 0 Å². The first-order chi connectivity index (χ1) is 7.22. The molecule has 0 heterocycles. The van der Waals surface area contributed by atoms with Crippen molar-refractivity contribution >= 4 is 11.6 Å². The Morgan fingerprint density at radius 2 is 1.87 bits per heavy atom. The quantitative estimate of drug-likeness (QED) is 0.733. The Hall–Kier alpha value is -1.31. The van der Waals surface area contributed by atoms with Gasteiger partial charge in [0.1, 0.15) is 0 Å². The predicted octanol–water partition coefficient (Wildman–Crippen LogP) is 3.38. The Labute approximate surface area is 91.7 Å². The van der Waals surface area contributed by atoms with E-state index in [-0.39, 0.29) is 5.91 Å². The Morgan fingerprint density at radius 3 is 2.40 bits per heavy atom. The molecule has 1 aromatic carbocycles. The molecule has 0 saturated carbocycles. The van der Waals surface area contributed by atoms with Crippen LogP contribution in [0.25, 0.3) is 0 Å². The van der Waals surface area contributed by atoms with Gasteiger partial charge in [0.05, 0.1) is 0 Å². The first kappa shape index (κ1) is 11.8. The smallest absolute Gasteiger partial charge is 0.221 e. The number of unbranched alkanes of at least 4 members (excludes halogenated alkanes) is 2. The average Bonchev–Trinajstić information content (AvgIpc) is 2.20. The van der Waals surface area contributed by atoms with Crippen LogP contribution in [0.15, 0.2) is 24.3 Å². The molecular formula is C13H19NO. The number of anilines is 1. The highest BCUT2D eigenvalue weighted by atomic mass is 16.1. The molecule has 0 unspecified atom stereocenters. The zero-order valence-electron chi connectivity index (χ0n) is 9.55. The fourth-order valence-corrected chi connectivity index (χ4v) is 1.54. The fourth-order valence-electron chi connectivity index (χ4n) is 1.54. The number of hydrogen-bond acceptors (Lipinski definition) is 1. The maximum absolute atomic E-state index is 10.8. The van der Waals surface area contributed by atoms with E-state index in [1.165, 1.54) is 31.7 Å². The molecule has 1 rings (SSSR count). The summed E-state index contributed by atoms with van der Waals surface area (Å²) in [6.45, 7) is 3.73. The summed E-state index contributed by atoms with van der Waals surface area (Å²) in [7, 11) is 0. The van der Waals surface area contributed by atoms with Gasteiger partial charge in [-0.1, -0.05) is 31.9 Å². The Kier molecular flexibility index (Phi) is 4.88. The van der Waals surface area contributed by atoms with Gasteiger partial charge in [-0.25, -0.2) is 0 Å². The first-order valence-electron chi connectivity index (χ1n) is 5.59. The van der Waals surface area contributed by atoms with E-state index in [0.717, 1.165) is 12.1 Å². The van der Waals surface area contributed by atoms with Gasteiger partial charge in [-0.2, -0.15) is 0 Å². The van der Waals surface area contributed by atoms with Crippen molar-refractivity contribution in [3.05, 3.63) is 29.8 Å². The maximum Gasteiger partial charge on any atom is 0.221 e. The second-order valence-corrected chi connectivity index (χ2v) is 3.84. The summed E-state index contributed by atoms with van der Waals surface area (Å²) in [6.07, 6.45) is 4.92. The molecule has 0 spiro atoms. The van der Waals surface area contributed by atoms with Crippen LogP contribution < -0.4 is 5.32 Å². The predicted molar refractivity (Wildman–Crippen MR) is 64.0 cm³/mol. The van der Waals surface area contributed by atoms with E-state index in [9.17, 15) is 4.79 Å². The minimum Gasteiger partial charge on any atom is -0.326 e. The van der Waals surface area contributed by atoms with Crippen LogP contribution in [0.2, 0.25) is 0 Å². The monoisotopic (exact) mass is 205 g/mol. The third-order valence-electron chi connectivity index (χ3n) is 2.34. The lowest BCUT2D eigenvalue weighted by atomic mass is 10.1. The minimum atomic E-state index is -0.0197. The molecule has 0 aliphatic heterocycles. The van der Waals surface area contributed by atoms with Gasteiger partial charge in [0.15, 0.2) is 0 Å². The summed E-state index contributed by atoms with van der Waals surface area (Å²) in [5, 5.41) is 2.76. The molecule has 0 saturated heterocycles. The van der Waals surface area contributed by atoms with Gasteiger partial charge in [-0.05, 0) is 30.5 Å². The molecule has 15 heavy (non-hydrogen) atoms. The lowest BCUT2D eigenvalue weighted by Crippen LogP contribution is -2.05. The summed E-state index contributed by atoms with van der Waals surface area (Å²) in [4.78, 5) is 10.8. The van der Waals surface area contributed by atoms with Crippen molar-refractivity contribution in [3.8, 4) is 0 Å². The van der Waals surface area contributed by atoms with E-state index in [1.807, 2.05) is 12.1 Å². The van der Waals surface area contributed by atoms with E-state index < -0.39 is 0 Å². The van der Waals surface area contributed by atoms with Crippen molar-refractivity contribution < 1.29 is 4.79 Å². The normalized spacial score (nSPS) is 10.0. The van der Waals surface area contributed by atoms with Gasteiger partial charge < -0.3 is 5.32 Å². The number of nitrogens with one attached hydrogen (secondary N) is 1. The number of carbonyl (C=O) groups is 1. The standard InChI is InChI=1S/C13H19NO/c1-3-4-5-6-12-7-9-13(10-8-12)14-11(2)15/h7-10H,3-6H2,1-2H3,(H,14,15). The number of rotatable bonds is 5. The van der Waals surface area contributed by atoms with Crippen molar-refractivity contribution in [2.24, 2.45) is 0 Å². The van der Waals surface area contributed by atoms with E-state index >= 15 is 0 Å². The van der Waals surface area contributed by atoms with Crippen LogP contribution >= 0.6 is 0 Å². The lowest BCUT2D eigenvalue weighted by Gasteiger charge is -2.04. The summed E-state index contributed by atoms with van der Waals surface area (Å²) in [5.41, 5.74) is 2.22. The second kappa shape index (κ2) is 6.23. The molecule has 1 aromatic rings. The lowest BCUT2D eigenvalue weighted by molar-refractivity contribution is -0.114. The molecular weight excluding hydrogens is 186 g/mol. The topological polar surface area (TPSA) is 29.1 Å². The van der Waals surface area contributed by atoms with Gasteiger partial charge in [0.25, 0.3) is 0 Å². The molecule has 0 fully saturated rings. The number of carbonyl (C=O) groups excluding carboxylic acids is 1. The van der Waals surface area contributed by atoms with E-state index in [2.05, 4.69) is 24.4 Å². The Bertz CT molecular complexity index is 303. The van der Waals surface area contributed by atoms with Crippen LogP contribution in [0.1, 0.15) is 38.7 Å². The minimum absolute atomic E-state index is 0.0197. The zero-order chi connectivity index (χ0) is 11.1. The first-order valence-corrected chi connectivity index (χ1v) is 5.59. The largest absolute Gasteiger partial charge is 0.326 e. The van der Waals surface area contributed by atoms with Gasteiger partial charge in [-0.15, -0.1) is 0 Å². The van der Waals surface area contributed by atoms with Gasteiger partial charge in [0, 0.05) is 12.6 Å². The van der Waals surface area contributed by atoms with Crippen LogP contribution in [0.3, 0.4) is 0 Å². The molecule has 0 radical (unpaired) electrons. The summed E-state index contributed by atoms with van der Waals surface area (Å²) in [5.74, 6) is -0.0197. The van der Waals surface area contributed by atoms with Crippen molar-refractivity contribution in [1.82, 2.24) is 0 Å². The molecule has 0 aliphatic rings. The van der Waals surface area contributed by atoms with E-state index in [0.29, 0.717) is 0 Å². The average molecular weight is 205 g/mol. The zero-order valence-corrected chi connectivity index (χ0v) is 9.55. The van der Waals surface area contributed by atoms with Crippen molar-refractivity contribution in [1.29, 1.82) is 0 Å². The molecule has 0 aromatic heterocycles. The van der Waals surface area contributed by atoms with E-state index in [1.54, 1.807) is 0 Å². The molecule has 2 nitrogen and oxygen atoms in total. The summed E-state index contributed by atoms with van der Waals surface area (Å²) >= 11 is 0. The number of hydrogen-bond donors (Lipinski definition) is 1. The third-order valence-corrected chi connectivity index (χ3v) is 2.34. The maximum atomic E-state index is 10.8. The number of aryl methyl sites for hydroxylation is 1. The fraction of sp³-hybridized carbons (Fsp3) is 0.462. The van der Waals surface area contributed by atoms with Crippen LogP contribution in [-0.4, -0.2) is 5.91 Å². The Morgan fingerprint density at radius 1 is 1.20 bits per heavy atom. The van der Waals surface area contributed by atoms with Gasteiger partial charge >= 0.3 is 0 Å². The van der Waals surface area contributed by atoms with E-state index in [4.69, 9.17) is 0 Å². The van der Waals surface area contributed by atoms with Crippen LogP contribution in [0, 0.1) is 0 Å². The van der Waals surface area contributed by atoms with Crippen molar-refractivity contribution in [2.45, 2.75) is 39.5 Å². The second-order valence-electron chi connectivity index (χ2n) is 3.84. The molecule has 82 valence electrons. The number of amides is 1. The highest BCUT2D eigenvalue weighted by Gasteiger charge is 1.96. The molecule has 0 aliphatic carbocycles. The summed E-state index contributed by atoms with van der Waals surface area (Å²) < 4.78 is 0.